The molecule has 2 fully saturated rings. The lowest BCUT2D eigenvalue weighted by Gasteiger charge is -2.16. The Kier molecular flexibility index (Phi) is 3.68. The maximum absolute atomic E-state index is 12.1. The van der Waals surface area contributed by atoms with E-state index >= 15 is 0 Å². The molecule has 1 aromatic rings. The van der Waals surface area contributed by atoms with Crippen LogP contribution >= 0.6 is 0 Å². The second-order valence-electron chi connectivity index (χ2n) is 5.21. The molecule has 0 N–H and O–H groups in total. The van der Waals surface area contributed by atoms with Crippen LogP contribution in [0.2, 0.25) is 0 Å². The van der Waals surface area contributed by atoms with Crippen LogP contribution in [-0.4, -0.2) is 54.6 Å². The zero-order valence-corrected chi connectivity index (χ0v) is 11.9. The van der Waals surface area contributed by atoms with Crippen molar-refractivity contribution in [3.05, 3.63) is 24.3 Å². The number of imide groups is 1. The molecule has 112 valence electrons. The van der Waals surface area contributed by atoms with Gasteiger partial charge in [-0.15, -0.1) is 0 Å². The summed E-state index contributed by atoms with van der Waals surface area (Å²) in [5.41, 5.74) is 0. The first kappa shape index (κ1) is 13.7. The Morgan fingerprint density at radius 3 is 2.43 bits per heavy atom. The summed E-state index contributed by atoms with van der Waals surface area (Å²) >= 11 is 0. The van der Waals surface area contributed by atoms with Gasteiger partial charge in [-0.2, -0.15) is 0 Å². The highest BCUT2D eigenvalue weighted by molar-refractivity contribution is 6.02. The molecule has 0 atom stereocenters. The van der Waals surface area contributed by atoms with Crippen molar-refractivity contribution in [2.75, 3.05) is 26.8 Å². The van der Waals surface area contributed by atoms with E-state index in [0.717, 1.165) is 18.6 Å². The summed E-state index contributed by atoms with van der Waals surface area (Å²) in [4.78, 5) is 26.9. The van der Waals surface area contributed by atoms with Gasteiger partial charge >= 0.3 is 6.03 Å². The van der Waals surface area contributed by atoms with Crippen LogP contribution in [0.5, 0.6) is 11.5 Å². The largest absolute Gasteiger partial charge is 0.497 e. The van der Waals surface area contributed by atoms with Crippen LogP contribution < -0.4 is 9.47 Å². The number of ether oxygens (including phenoxy) is 2. The molecule has 0 unspecified atom stereocenters. The van der Waals surface area contributed by atoms with Gasteiger partial charge in [0.05, 0.1) is 13.7 Å². The van der Waals surface area contributed by atoms with Gasteiger partial charge in [-0.1, -0.05) is 0 Å². The second kappa shape index (κ2) is 5.63. The summed E-state index contributed by atoms with van der Waals surface area (Å²) in [6.07, 6.45) is 2.02. The Hall–Kier alpha value is -2.24. The lowest BCUT2D eigenvalue weighted by atomic mass is 10.3. The molecule has 3 rings (SSSR count). The van der Waals surface area contributed by atoms with Gasteiger partial charge in [0.1, 0.15) is 24.7 Å². The standard InChI is InChI=1S/C15H18N2O4/c1-20-12-4-6-13(7-5-12)21-9-8-16-14(18)10-17(15(16)19)11-2-3-11/h4-7,11H,2-3,8-10H2,1H3. The Labute approximate surface area is 123 Å². The van der Waals surface area contributed by atoms with Crippen LogP contribution in [0.4, 0.5) is 4.79 Å². The minimum absolute atomic E-state index is 0.134. The topological polar surface area (TPSA) is 59.1 Å². The van der Waals surface area contributed by atoms with Crippen molar-refractivity contribution < 1.29 is 19.1 Å². The van der Waals surface area contributed by atoms with Crippen molar-refractivity contribution >= 4 is 11.9 Å². The number of urea groups is 1. The van der Waals surface area contributed by atoms with E-state index in [4.69, 9.17) is 9.47 Å². The molecule has 0 aromatic heterocycles. The molecule has 1 saturated heterocycles. The number of rotatable bonds is 6. The van der Waals surface area contributed by atoms with Crippen LogP contribution in [0.3, 0.4) is 0 Å². The van der Waals surface area contributed by atoms with Gasteiger partial charge in [0, 0.05) is 6.04 Å². The average molecular weight is 290 g/mol. The molecule has 1 saturated carbocycles. The number of hydrogen-bond acceptors (Lipinski definition) is 4. The number of amides is 3. The van der Waals surface area contributed by atoms with E-state index in [1.165, 1.54) is 4.90 Å². The van der Waals surface area contributed by atoms with Gasteiger partial charge in [0.25, 0.3) is 0 Å². The molecule has 0 radical (unpaired) electrons. The van der Waals surface area contributed by atoms with Crippen molar-refractivity contribution in [1.29, 1.82) is 0 Å². The van der Waals surface area contributed by atoms with Gasteiger partial charge in [0.15, 0.2) is 0 Å². The molecule has 1 aliphatic heterocycles. The van der Waals surface area contributed by atoms with E-state index in [2.05, 4.69) is 0 Å². The first-order chi connectivity index (χ1) is 10.2. The highest BCUT2D eigenvalue weighted by atomic mass is 16.5. The zero-order chi connectivity index (χ0) is 14.8. The Bertz CT molecular complexity index is 539. The van der Waals surface area contributed by atoms with Crippen LogP contribution in [0, 0.1) is 0 Å². The second-order valence-corrected chi connectivity index (χ2v) is 5.21. The number of benzene rings is 1. The minimum atomic E-state index is -0.180. The Morgan fingerprint density at radius 2 is 1.81 bits per heavy atom. The summed E-state index contributed by atoms with van der Waals surface area (Å²) in [6, 6.07) is 7.29. The fourth-order valence-corrected chi connectivity index (χ4v) is 2.38. The van der Waals surface area contributed by atoms with Crippen molar-refractivity contribution in [3.63, 3.8) is 0 Å². The monoisotopic (exact) mass is 290 g/mol. The van der Waals surface area contributed by atoms with Crippen LogP contribution in [0.25, 0.3) is 0 Å². The molecule has 3 amide bonds. The predicted molar refractivity (Wildman–Crippen MR) is 75.3 cm³/mol. The van der Waals surface area contributed by atoms with E-state index < -0.39 is 0 Å². The van der Waals surface area contributed by atoms with E-state index in [1.807, 2.05) is 0 Å². The van der Waals surface area contributed by atoms with E-state index in [0.29, 0.717) is 12.4 Å². The summed E-state index contributed by atoms with van der Waals surface area (Å²) in [6.45, 7) is 0.793. The fourth-order valence-electron chi connectivity index (χ4n) is 2.38. The highest BCUT2D eigenvalue weighted by Gasteiger charge is 2.43. The number of nitrogens with zero attached hydrogens (tertiary/aromatic N) is 2. The third-order valence-corrected chi connectivity index (χ3v) is 3.71. The molecule has 0 spiro atoms. The lowest BCUT2D eigenvalue weighted by molar-refractivity contribution is -0.125. The predicted octanol–water partition coefficient (Wildman–Crippen LogP) is 1.50. The summed E-state index contributed by atoms with van der Waals surface area (Å²) in [5.74, 6) is 1.31. The van der Waals surface area contributed by atoms with Crippen LogP contribution in [0.1, 0.15) is 12.8 Å². The minimum Gasteiger partial charge on any atom is -0.497 e. The third kappa shape index (κ3) is 2.94. The van der Waals surface area contributed by atoms with Crippen LogP contribution in [0.15, 0.2) is 24.3 Å². The van der Waals surface area contributed by atoms with E-state index in [9.17, 15) is 9.59 Å². The SMILES string of the molecule is COc1ccc(OCCN2C(=O)CN(C3CC3)C2=O)cc1. The van der Waals surface area contributed by atoms with Crippen molar-refractivity contribution in [3.8, 4) is 11.5 Å². The van der Waals surface area contributed by atoms with Gasteiger partial charge in [-0.3, -0.25) is 9.69 Å². The summed E-state index contributed by atoms with van der Waals surface area (Å²) < 4.78 is 10.6. The molecule has 21 heavy (non-hydrogen) atoms. The lowest BCUT2D eigenvalue weighted by Crippen LogP contribution is -2.36. The Morgan fingerprint density at radius 1 is 1.14 bits per heavy atom. The van der Waals surface area contributed by atoms with Gasteiger partial charge in [-0.25, -0.2) is 4.79 Å². The molecule has 1 aromatic carbocycles. The molecular weight excluding hydrogens is 272 g/mol. The van der Waals surface area contributed by atoms with Crippen molar-refractivity contribution in [2.24, 2.45) is 0 Å². The van der Waals surface area contributed by atoms with Crippen molar-refractivity contribution in [1.82, 2.24) is 9.80 Å². The molecular formula is C15H18N2O4. The first-order valence-corrected chi connectivity index (χ1v) is 7.07. The molecule has 6 heteroatoms. The molecule has 0 bridgehead atoms. The highest BCUT2D eigenvalue weighted by Crippen LogP contribution is 2.30. The molecule has 1 aliphatic carbocycles. The number of carbonyl (C=O) groups excluding carboxylic acids is 2. The molecule has 6 nitrogen and oxygen atoms in total. The van der Waals surface area contributed by atoms with Crippen LogP contribution in [-0.2, 0) is 4.79 Å². The van der Waals surface area contributed by atoms with Gasteiger partial charge in [0.2, 0.25) is 5.91 Å². The molecule has 2 aliphatic rings. The summed E-state index contributed by atoms with van der Waals surface area (Å²) in [5, 5.41) is 0. The quantitative estimate of drug-likeness (QED) is 0.745. The molecule has 1 heterocycles. The third-order valence-electron chi connectivity index (χ3n) is 3.71. The number of hydrogen-bond donors (Lipinski definition) is 0. The number of methoxy groups -OCH3 is 1. The zero-order valence-electron chi connectivity index (χ0n) is 11.9. The number of carbonyl (C=O) groups is 2. The van der Waals surface area contributed by atoms with Gasteiger partial charge in [-0.05, 0) is 37.1 Å². The fraction of sp³-hybridized carbons (Fsp3) is 0.467. The smallest absolute Gasteiger partial charge is 0.327 e. The first-order valence-electron chi connectivity index (χ1n) is 7.07. The maximum Gasteiger partial charge on any atom is 0.327 e. The van der Waals surface area contributed by atoms with Crippen molar-refractivity contribution in [2.45, 2.75) is 18.9 Å². The average Bonchev–Trinajstić information content (AvgIpc) is 3.29. The van der Waals surface area contributed by atoms with E-state index in [1.54, 1.807) is 36.3 Å². The van der Waals surface area contributed by atoms with Gasteiger partial charge < -0.3 is 14.4 Å². The Balaban J connectivity index is 1.50. The maximum atomic E-state index is 12.1. The normalized spacial score (nSPS) is 18.3. The summed E-state index contributed by atoms with van der Waals surface area (Å²) in [7, 11) is 1.60. The van der Waals surface area contributed by atoms with E-state index in [-0.39, 0.29) is 31.1 Å².